The maximum Gasteiger partial charge on any atom is 0.360 e. The Bertz CT molecular complexity index is 1010. The molecule has 0 saturated carbocycles. The van der Waals surface area contributed by atoms with Gasteiger partial charge in [-0.05, 0) is 55.8 Å². The van der Waals surface area contributed by atoms with Gasteiger partial charge in [0.1, 0.15) is 22.8 Å². The number of amides is 1. The van der Waals surface area contributed by atoms with Crippen molar-refractivity contribution < 1.29 is 18.7 Å². The predicted molar refractivity (Wildman–Crippen MR) is 108 cm³/mol. The van der Waals surface area contributed by atoms with Gasteiger partial charge in [-0.15, -0.1) is 0 Å². The van der Waals surface area contributed by atoms with E-state index in [2.05, 4.69) is 12.2 Å². The number of unbranched alkanes of at least 4 members (excludes halogenated alkanes) is 1. The molecule has 0 saturated heterocycles. The molecule has 6 nitrogen and oxygen atoms in total. The van der Waals surface area contributed by atoms with Crippen LogP contribution in [-0.4, -0.2) is 19.1 Å². The summed E-state index contributed by atoms with van der Waals surface area (Å²) < 4.78 is 16.3. The summed E-state index contributed by atoms with van der Waals surface area (Å²) in [7, 11) is 0. The predicted octanol–water partition coefficient (Wildman–Crippen LogP) is 4.62. The highest BCUT2D eigenvalue weighted by molar-refractivity contribution is 6.04. The third-order valence-electron chi connectivity index (χ3n) is 4.15. The fraction of sp³-hybridized carbons (Fsp3) is 0.273. The molecule has 6 heteroatoms. The summed E-state index contributed by atoms with van der Waals surface area (Å²) in [6.45, 7) is 5.14. The number of benzene rings is 2. The first-order valence-corrected chi connectivity index (χ1v) is 9.35. The number of fused-ring (bicyclic) bond motifs is 1. The first-order valence-electron chi connectivity index (χ1n) is 9.35. The number of ether oxygens (including phenoxy) is 2. The van der Waals surface area contributed by atoms with E-state index in [0.29, 0.717) is 41.2 Å². The van der Waals surface area contributed by atoms with E-state index in [1.54, 1.807) is 48.5 Å². The van der Waals surface area contributed by atoms with Gasteiger partial charge in [-0.1, -0.05) is 13.3 Å². The normalized spacial score (nSPS) is 10.6. The second-order valence-corrected chi connectivity index (χ2v) is 6.26. The molecule has 0 aliphatic heterocycles. The van der Waals surface area contributed by atoms with Crippen molar-refractivity contribution >= 4 is 22.6 Å². The number of anilines is 1. The van der Waals surface area contributed by atoms with Crippen LogP contribution in [0.2, 0.25) is 0 Å². The number of carbonyl (C=O) groups is 1. The van der Waals surface area contributed by atoms with Gasteiger partial charge in [0.25, 0.3) is 5.91 Å². The average Bonchev–Trinajstić information content (AvgIpc) is 2.69. The number of rotatable bonds is 8. The minimum Gasteiger partial charge on any atom is -0.494 e. The molecular weight excluding hydrogens is 358 g/mol. The Morgan fingerprint density at radius 2 is 1.75 bits per heavy atom. The highest BCUT2D eigenvalue weighted by atomic mass is 16.5. The summed E-state index contributed by atoms with van der Waals surface area (Å²) in [4.78, 5) is 24.7. The Balaban J connectivity index is 1.74. The summed E-state index contributed by atoms with van der Waals surface area (Å²) >= 11 is 0. The molecule has 0 aliphatic rings. The van der Waals surface area contributed by atoms with Gasteiger partial charge in [0.15, 0.2) is 0 Å². The Morgan fingerprint density at radius 3 is 2.46 bits per heavy atom. The lowest BCUT2D eigenvalue weighted by molar-refractivity contribution is 0.102. The van der Waals surface area contributed by atoms with Crippen molar-refractivity contribution in [3.05, 3.63) is 64.5 Å². The zero-order valence-electron chi connectivity index (χ0n) is 16.0. The third-order valence-corrected chi connectivity index (χ3v) is 4.15. The molecule has 1 aromatic heterocycles. The minimum absolute atomic E-state index is 0.0879. The van der Waals surface area contributed by atoms with E-state index in [0.717, 1.165) is 12.8 Å². The van der Waals surface area contributed by atoms with Crippen molar-refractivity contribution in [3.8, 4) is 11.5 Å². The van der Waals surface area contributed by atoms with Crippen molar-refractivity contribution in [2.45, 2.75) is 26.7 Å². The van der Waals surface area contributed by atoms with E-state index in [1.807, 2.05) is 6.92 Å². The van der Waals surface area contributed by atoms with Crippen molar-refractivity contribution in [1.29, 1.82) is 0 Å². The largest absolute Gasteiger partial charge is 0.494 e. The lowest BCUT2D eigenvalue weighted by Crippen LogP contribution is -2.17. The van der Waals surface area contributed by atoms with Crippen molar-refractivity contribution in [3.63, 3.8) is 0 Å². The Labute approximate surface area is 163 Å². The molecule has 0 unspecified atom stereocenters. The van der Waals surface area contributed by atoms with Crippen molar-refractivity contribution in [1.82, 2.24) is 0 Å². The van der Waals surface area contributed by atoms with Crippen molar-refractivity contribution in [2.24, 2.45) is 0 Å². The van der Waals surface area contributed by atoms with E-state index in [1.165, 1.54) is 0 Å². The van der Waals surface area contributed by atoms with Gasteiger partial charge in [-0.2, -0.15) is 0 Å². The fourth-order valence-electron chi connectivity index (χ4n) is 2.67. The minimum atomic E-state index is -0.617. The van der Waals surface area contributed by atoms with Crippen molar-refractivity contribution in [2.75, 3.05) is 18.5 Å². The molecule has 0 atom stereocenters. The van der Waals surface area contributed by atoms with Crippen LogP contribution < -0.4 is 20.4 Å². The second kappa shape index (κ2) is 9.08. The van der Waals surface area contributed by atoms with E-state index in [9.17, 15) is 9.59 Å². The molecule has 1 heterocycles. The molecule has 3 rings (SSSR count). The van der Waals surface area contributed by atoms with E-state index in [4.69, 9.17) is 13.9 Å². The monoisotopic (exact) mass is 381 g/mol. The zero-order valence-corrected chi connectivity index (χ0v) is 16.0. The molecule has 0 fully saturated rings. The van der Waals surface area contributed by atoms with Gasteiger partial charge >= 0.3 is 5.63 Å². The fourth-order valence-corrected chi connectivity index (χ4v) is 2.67. The van der Waals surface area contributed by atoms with Crippen LogP contribution in [0.1, 0.15) is 37.0 Å². The maximum atomic E-state index is 12.5. The van der Waals surface area contributed by atoms with Crippen LogP contribution in [0.3, 0.4) is 0 Å². The lowest BCUT2D eigenvalue weighted by Gasteiger charge is -2.08. The smallest absolute Gasteiger partial charge is 0.360 e. The quantitative estimate of drug-likeness (QED) is 0.455. The van der Waals surface area contributed by atoms with Crippen LogP contribution in [0.15, 0.2) is 57.7 Å². The van der Waals surface area contributed by atoms with Crippen LogP contribution in [0, 0.1) is 0 Å². The van der Waals surface area contributed by atoms with Crippen LogP contribution in [0.5, 0.6) is 11.5 Å². The average molecular weight is 381 g/mol. The van der Waals surface area contributed by atoms with Gasteiger partial charge in [-0.3, -0.25) is 4.79 Å². The summed E-state index contributed by atoms with van der Waals surface area (Å²) in [5.74, 6) is 0.939. The first-order chi connectivity index (χ1) is 13.6. The van der Waals surface area contributed by atoms with Gasteiger partial charge in [0.2, 0.25) is 0 Å². The molecule has 2 aromatic carbocycles. The highest BCUT2D eigenvalue weighted by Crippen LogP contribution is 2.22. The molecule has 0 aliphatic carbocycles. The maximum absolute atomic E-state index is 12.5. The number of carbonyl (C=O) groups excluding carboxylic acids is 1. The summed E-state index contributed by atoms with van der Waals surface area (Å²) in [6, 6.07) is 13.6. The third kappa shape index (κ3) is 4.71. The molecule has 3 aromatic rings. The van der Waals surface area contributed by atoms with E-state index >= 15 is 0 Å². The Morgan fingerprint density at radius 1 is 1.00 bits per heavy atom. The van der Waals surface area contributed by atoms with Crippen LogP contribution in [0.4, 0.5) is 5.69 Å². The molecule has 1 amide bonds. The molecule has 0 spiro atoms. The first kappa shape index (κ1) is 19.5. The summed E-state index contributed by atoms with van der Waals surface area (Å²) in [6.07, 6.45) is 2.04. The lowest BCUT2D eigenvalue weighted by atomic mass is 10.2. The number of hydrogen-bond acceptors (Lipinski definition) is 5. The summed E-state index contributed by atoms with van der Waals surface area (Å²) in [5.41, 5.74) is 0.301. The van der Waals surface area contributed by atoms with Crippen LogP contribution in [0.25, 0.3) is 11.0 Å². The molecule has 1 N–H and O–H groups in total. The molecule has 0 radical (unpaired) electrons. The number of hydrogen-bond donors (Lipinski definition) is 1. The van der Waals surface area contributed by atoms with E-state index in [-0.39, 0.29) is 5.69 Å². The SMILES string of the molecule is CCCCOc1ccc(C(=O)Nc2cc3ccc(OCC)cc3oc2=O)cc1. The molecular formula is C22H23NO5. The highest BCUT2D eigenvalue weighted by Gasteiger charge is 2.12. The van der Waals surface area contributed by atoms with Crippen LogP contribution >= 0.6 is 0 Å². The zero-order chi connectivity index (χ0) is 19.9. The van der Waals surface area contributed by atoms with Gasteiger partial charge in [-0.25, -0.2) is 4.79 Å². The number of nitrogens with one attached hydrogen (secondary N) is 1. The van der Waals surface area contributed by atoms with E-state index < -0.39 is 11.5 Å². The van der Waals surface area contributed by atoms with Gasteiger partial charge in [0, 0.05) is 17.0 Å². The van der Waals surface area contributed by atoms with Crippen LogP contribution in [-0.2, 0) is 0 Å². The summed E-state index contributed by atoms with van der Waals surface area (Å²) in [5, 5.41) is 3.31. The van der Waals surface area contributed by atoms with Gasteiger partial charge in [0.05, 0.1) is 13.2 Å². The molecule has 146 valence electrons. The molecule has 28 heavy (non-hydrogen) atoms. The topological polar surface area (TPSA) is 77.8 Å². The standard InChI is InChI=1S/C22H23NO5/c1-3-5-12-27-17-9-6-15(7-10-17)21(24)23-19-13-16-8-11-18(26-4-2)14-20(16)28-22(19)25/h6-11,13-14H,3-5,12H2,1-2H3,(H,23,24). The van der Waals surface area contributed by atoms with Gasteiger partial charge < -0.3 is 19.2 Å². The Hall–Kier alpha value is -3.28. The molecule has 0 bridgehead atoms. The Kier molecular flexibility index (Phi) is 6.32. The second-order valence-electron chi connectivity index (χ2n) is 6.26.